The van der Waals surface area contributed by atoms with E-state index in [9.17, 15) is 14.4 Å². The Morgan fingerprint density at radius 1 is 1.08 bits per heavy atom. The van der Waals surface area contributed by atoms with Crippen LogP contribution in [0.4, 0.5) is 0 Å². The quantitative estimate of drug-likeness (QED) is 0.430. The summed E-state index contributed by atoms with van der Waals surface area (Å²) in [4.78, 5) is 40.1. The molecule has 206 valence electrons. The number of aryl methyl sites for hydroxylation is 1. The van der Waals surface area contributed by atoms with E-state index in [-0.39, 0.29) is 24.4 Å². The lowest BCUT2D eigenvalue weighted by Crippen LogP contribution is -2.54. The molecule has 39 heavy (non-hydrogen) atoms. The molecule has 1 aliphatic heterocycles. The summed E-state index contributed by atoms with van der Waals surface area (Å²) < 4.78 is 7.57. The maximum absolute atomic E-state index is 13.5. The number of amides is 3. The van der Waals surface area contributed by atoms with E-state index in [1.54, 1.807) is 40.8 Å². The number of rotatable bonds is 5. The summed E-state index contributed by atoms with van der Waals surface area (Å²) in [5.74, 6) is -0.309. The molecule has 0 radical (unpaired) electrons. The number of thioether (sulfide) groups is 1. The average molecular weight is 571 g/mol. The Kier molecular flexibility index (Phi) is 10.2. The molecule has 0 fully saturated rings. The number of halogens is 1. The van der Waals surface area contributed by atoms with Gasteiger partial charge in [-0.15, -0.1) is 5.10 Å². The van der Waals surface area contributed by atoms with Gasteiger partial charge in [-0.05, 0) is 42.2 Å². The van der Waals surface area contributed by atoms with Gasteiger partial charge in [0, 0.05) is 24.4 Å². The second-order valence-corrected chi connectivity index (χ2v) is 10.5. The van der Waals surface area contributed by atoms with Crippen molar-refractivity contribution in [3.8, 4) is 5.75 Å². The summed E-state index contributed by atoms with van der Waals surface area (Å²) in [5, 5.41) is 17.2. The number of nitrogens with one attached hydrogen (secondary N) is 3. The summed E-state index contributed by atoms with van der Waals surface area (Å²) in [6.45, 7) is 1.01. The maximum atomic E-state index is 13.5. The molecule has 10 nitrogen and oxygen atoms in total. The van der Waals surface area contributed by atoms with Gasteiger partial charge in [0.25, 0.3) is 5.91 Å². The van der Waals surface area contributed by atoms with Gasteiger partial charge in [-0.2, -0.15) is 11.8 Å². The van der Waals surface area contributed by atoms with Crippen molar-refractivity contribution in [2.75, 3.05) is 18.6 Å². The van der Waals surface area contributed by atoms with Crippen LogP contribution in [-0.2, 0) is 29.1 Å². The predicted molar refractivity (Wildman–Crippen MR) is 150 cm³/mol. The Labute approximate surface area is 236 Å². The minimum absolute atomic E-state index is 0.162. The van der Waals surface area contributed by atoms with Crippen molar-refractivity contribution in [1.82, 2.24) is 30.9 Å². The molecule has 0 aliphatic carbocycles. The molecule has 2 atom stereocenters. The molecule has 0 saturated carbocycles. The zero-order valence-corrected chi connectivity index (χ0v) is 23.1. The van der Waals surface area contributed by atoms with E-state index in [0.717, 1.165) is 5.56 Å². The number of hydrogen-bond acceptors (Lipinski definition) is 7. The van der Waals surface area contributed by atoms with E-state index in [2.05, 4.69) is 26.3 Å². The van der Waals surface area contributed by atoms with Crippen LogP contribution < -0.4 is 20.7 Å². The van der Waals surface area contributed by atoms with E-state index >= 15 is 0 Å². The molecule has 1 aliphatic rings. The van der Waals surface area contributed by atoms with Gasteiger partial charge >= 0.3 is 0 Å². The highest BCUT2D eigenvalue weighted by Crippen LogP contribution is 2.24. The molecular formula is C27H31ClN6O4S. The molecule has 2 heterocycles. The Morgan fingerprint density at radius 2 is 1.90 bits per heavy atom. The number of carbonyl (C=O) groups is 3. The molecule has 3 N–H and O–H groups in total. The fourth-order valence-electron chi connectivity index (χ4n) is 4.11. The smallest absolute Gasteiger partial charge is 0.255 e. The first-order valence-electron chi connectivity index (χ1n) is 12.7. The van der Waals surface area contributed by atoms with Gasteiger partial charge in [-0.1, -0.05) is 47.1 Å². The van der Waals surface area contributed by atoms with E-state index in [1.807, 2.05) is 36.6 Å². The maximum Gasteiger partial charge on any atom is 0.255 e. The van der Waals surface area contributed by atoms with Gasteiger partial charge in [-0.25, -0.2) is 0 Å². The fourth-order valence-corrected chi connectivity index (χ4v) is 4.75. The van der Waals surface area contributed by atoms with E-state index in [4.69, 9.17) is 16.3 Å². The second kappa shape index (κ2) is 14.0. The highest BCUT2D eigenvalue weighted by atomic mass is 35.5. The first-order chi connectivity index (χ1) is 18.9. The zero-order chi connectivity index (χ0) is 27.6. The van der Waals surface area contributed by atoms with Gasteiger partial charge in [0.2, 0.25) is 11.8 Å². The first kappa shape index (κ1) is 28.4. The summed E-state index contributed by atoms with van der Waals surface area (Å²) >= 11 is 7.74. The molecule has 0 spiro atoms. The molecule has 12 heteroatoms. The lowest BCUT2D eigenvalue weighted by Gasteiger charge is -2.23. The number of fused-ring (bicyclic) bond motifs is 3. The van der Waals surface area contributed by atoms with Crippen molar-refractivity contribution in [2.45, 2.75) is 44.4 Å². The monoisotopic (exact) mass is 570 g/mol. The number of benzene rings is 2. The molecule has 4 rings (SSSR count). The molecular weight excluding hydrogens is 540 g/mol. The minimum Gasteiger partial charge on any atom is -0.493 e. The molecule has 2 aromatic carbocycles. The van der Waals surface area contributed by atoms with Crippen LogP contribution in [-0.4, -0.2) is 63.4 Å². The summed E-state index contributed by atoms with van der Waals surface area (Å²) in [5.41, 5.74) is 1.75. The van der Waals surface area contributed by atoms with Crippen LogP contribution in [0.2, 0.25) is 5.02 Å². The van der Waals surface area contributed by atoms with E-state index in [0.29, 0.717) is 48.2 Å². The standard InChI is InChI=1S/C27H31ClN6O4S/c1-39-13-10-22-27(37)31-23(14-18-6-3-2-4-7-18)26(36)29-16-20-17-34(33-32-20)11-5-12-38-24-15-19(28)8-9-21(24)25(35)30-22/h2-4,6-9,15,17,22-23H,5,10-14,16H2,1H3,(H,29,36)(H,30,35)(H,31,37)/t22-,23-/m0/s1. The van der Waals surface area contributed by atoms with Crippen molar-refractivity contribution in [2.24, 2.45) is 0 Å². The lowest BCUT2D eigenvalue weighted by molar-refractivity contribution is -0.130. The number of carbonyl (C=O) groups excluding carboxylic acids is 3. The third-order valence-corrected chi connectivity index (χ3v) is 7.03. The van der Waals surface area contributed by atoms with Crippen molar-refractivity contribution < 1.29 is 19.1 Å². The van der Waals surface area contributed by atoms with Crippen molar-refractivity contribution in [1.29, 1.82) is 0 Å². The molecule has 0 unspecified atom stereocenters. The predicted octanol–water partition coefficient (Wildman–Crippen LogP) is 2.61. The molecule has 0 saturated heterocycles. The van der Waals surface area contributed by atoms with Gasteiger partial charge in [0.05, 0.1) is 24.9 Å². The van der Waals surface area contributed by atoms with Crippen LogP contribution >= 0.6 is 23.4 Å². The Bertz CT molecular complexity index is 1290. The van der Waals surface area contributed by atoms with Crippen LogP contribution in [0.5, 0.6) is 5.75 Å². The van der Waals surface area contributed by atoms with Crippen molar-refractivity contribution in [3.63, 3.8) is 0 Å². The number of aromatic nitrogens is 3. The van der Waals surface area contributed by atoms with Crippen LogP contribution in [0.1, 0.15) is 34.5 Å². The molecule has 3 amide bonds. The minimum atomic E-state index is -0.864. The van der Waals surface area contributed by atoms with Gasteiger partial charge < -0.3 is 20.7 Å². The normalized spacial score (nSPS) is 19.0. The van der Waals surface area contributed by atoms with Crippen molar-refractivity contribution in [3.05, 3.63) is 76.6 Å². The third kappa shape index (κ3) is 8.21. The van der Waals surface area contributed by atoms with Crippen LogP contribution in [0.15, 0.2) is 54.7 Å². The van der Waals surface area contributed by atoms with E-state index < -0.39 is 23.9 Å². The number of nitrogens with zero attached hydrogens (tertiary/aromatic N) is 3. The summed E-state index contributed by atoms with van der Waals surface area (Å²) in [6.07, 6.45) is 4.94. The van der Waals surface area contributed by atoms with Gasteiger partial charge in [0.15, 0.2) is 0 Å². The Balaban J connectivity index is 1.63. The van der Waals surface area contributed by atoms with Crippen LogP contribution in [0.3, 0.4) is 0 Å². The molecule has 2 bridgehead atoms. The van der Waals surface area contributed by atoms with Gasteiger partial charge in [0.1, 0.15) is 23.5 Å². The zero-order valence-electron chi connectivity index (χ0n) is 21.6. The van der Waals surface area contributed by atoms with Crippen molar-refractivity contribution >= 4 is 41.1 Å². The SMILES string of the molecule is CSCC[C@@H]1NC(=O)c2ccc(Cl)cc2OCCCn2cc(nn2)CNC(=O)[C@H](Cc2ccccc2)NC1=O. The van der Waals surface area contributed by atoms with E-state index in [1.165, 1.54) is 0 Å². The molecule has 1 aromatic heterocycles. The average Bonchev–Trinajstić information content (AvgIpc) is 3.39. The van der Waals surface area contributed by atoms with Crippen LogP contribution in [0, 0.1) is 0 Å². The number of ether oxygens (including phenoxy) is 1. The third-order valence-electron chi connectivity index (χ3n) is 6.16. The fraction of sp³-hybridized carbons (Fsp3) is 0.370. The Hall–Kier alpha value is -3.57. The van der Waals surface area contributed by atoms with Crippen LogP contribution in [0.25, 0.3) is 0 Å². The topological polar surface area (TPSA) is 127 Å². The first-order valence-corrected chi connectivity index (χ1v) is 14.4. The summed E-state index contributed by atoms with van der Waals surface area (Å²) in [6, 6.07) is 12.5. The van der Waals surface area contributed by atoms with Gasteiger partial charge in [-0.3, -0.25) is 19.1 Å². The second-order valence-electron chi connectivity index (χ2n) is 9.09. The Morgan fingerprint density at radius 3 is 2.69 bits per heavy atom. The largest absolute Gasteiger partial charge is 0.493 e. The molecule has 3 aromatic rings. The highest BCUT2D eigenvalue weighted by Gasteiger charge is 2.28. The highest BCUT2D eigenvalue weighted by molar-refractivity contribution is 7.98. The summed E-state index contributed by atoms with van der Waals surface area (Å²) in [7, 11) is 0. The number of hydrogen-bond donors (Lipinski definition) is 3. The lowest BCUT2D eigenvalue weighted by atomic mass is 10.0.